The van der Waals surface area contributed by atoms with Gasteiger partial charge in [0.1, 0.15) is 0 Å². The minimum Gasteiger partial charge on any atom is -0.455 e. The number of nitrogens with zero attached hydrogens (tertiary/aromatic N) is 2. The monoisotopic (exact) mass is 469 g/mol. The van der Waals surface area contributed by atoms with Crippen LogP contribution in [0.4, 0.5) is 13.2 Å². The minimum atomic E-state index is -4.47. The maximum Gasteiger partial charge on any atom is 0.416 e. The molecule has 8 nitrogen and oxygen atoms in total. The Morgan fingerprint density at radius 3 is 1.91 bits per heavy atom. The average Bonchev–Trinajstić information content (AvgIpc) is 2.81. The van der Waals surface area contributed by atoms with Crippen molar-refractivity contribution in [2.75, 3.05) is 32.8 Å². The summed E-state index contributed by atoms with van der Waals surface area (Å²) in [6.45, 7) is 0.899. The quantitative estimate of drug-likeness (QED) is 0.662. The van der Waals surface area contributed by atoms with Crippen LogP contribution in [0.1, 0.15) is 41.6 Å². The van der Waals surface area contributed by atoms with Gasteiger partial charge in [0.25, 0.3) is 11.8 Å². The number of carbonyl (C=O) groups is 4. The molecule has 1 aromatic carbocycles. The molecule has 0 unspecified atom stereocenters. The van der Waals surface area contributed by atoms with Crippen LogP contribution in [0.3, 0.4) is 0 Å². The Hall–Kier alpha value is -3.11. The Morgan fingerprint density at radius 2 is 1.39 bits per heavy atom. The molecule has 0 spiro atoms. The van der Waals surface area contributed by atoms with E-state index in [1.807, 2.05) is 0 Å². The predicted octanol–water partition coefficient (Wildman–Crippen LogP) is 1.82. The van der Waals surface area contributed by atoms with E-state index >= 15 is 0 Å². The molecule has 2 fully saturated rings. The highest BCUT2D eigenvalue weighted by Crippen LogP contribution is 2.29. The first-order chi connectivity index (χ1) is 15.6. The highest BCUT2D eigenvalue weighted by Gasteiger charge is 2.32. The van der Waals surface area contributed by atoms with E-state index < -0.39 is 29.5 Å². The van der Waals surface area contributed by atoms with Gasteiger partial charge in [-0.1, -0.05) is 0 Å². The molecule has 0 aliphatic carbocycles. The number of carbonyl (C=O) groups excluding carboxylic acids is 4. The molecule has 3 amide bonds. The average molecular weight is 469 g/mol. The van der Waals surface area contributed by atoms with Gasteiger partial charge in [0.15, 0.2) is 6.61 Å². The Balaban J connectivity index is 1.42. The summed E-state index contributed by atoms with van der Waals surface area (Å²) in [4.78, 5) is 51.4. The van der Waals surface area contributed by atoms with E-state index in [2.05, 4.69) is 0 Å². The smallest absolute Gasteiger partial charge is 0.416 e. The number of alkyl halides is 3. The third kappa shape index (κ3) is 6.23. The maximum atomic E-state index is 12.7. The molecule has 0 atom stereocenters. The normalized spacial score (nSPS) is 18.2. The van der Waals surface area contributed by atoms with Crippen LogP contribution in [-0.2, 0) is 25.3 Å². The molecular formula is C22H26F3N3O5. The summed E-state index contributed by atoms with van der Waals surface area (Å²) in [5.74, 6) is -2.33. The number of likely N-dealkylation sites (tertiary alicyclic amines) is 2. The van der Waals surface area contributed by atoms with Gasteiger partial charge in [0.2, 0.25) is 5.91 Å². The molecule has 0 saturated carbocycles. The second-order valence-corrected chi connectivity index (χ2v) is 8.31. The molecule has 3 rings (SSSR count). The van der Waals surface area contributed by atoms with E-state index in [4.69, 9.17) is 10.5 Å². The van der Waals surface area contributed by atoms with Crippen molar-refractivity contribution in [2.45, 2.75) is 31.9 Å². The topological polar surface area (TPSA) is 110 Å². The van der Waals surface area contributed by atoms with Gasteiger partial charge in [0.05, 0.1) is 11.5 Å². The second-order valence-electron chi connectivity index (χ2n) is 8.31. The highest BCUT2D eigenvalue weighted by atomic mass is 19.4. The standard InChI is InChI=1S/C22H26F3N3O5/c23-22(24,25)17-3-1-15(2-4-17)20(31)28-11-7-16(8-12-28)21(32)33-13-18(29)27-9-5-14(6-10-27)19(26)30/h1-4,14,16H,5-13H2,(H2,26,30). The lowest BCUT2D eigenvalue weighted by Crippen LogP contribution is -2.44. The summed E-state index contributed by atoms with van der Waals surface area (Å²) in [6, 6.07) is 4.02. The van der Waals surface area contributed by atoms with E-state index in [0.29, 0.717) is 38.8 Å². The molecule has 2 aliphatic rings. The summed E-state index contributed by atoms with van der Waals surface area (Å²) in [7, 11) is 0. The summed E-state index contributed by atoms with van der Waals surface area (Å²) >= 11 is 0. The second kappa shape index (κ2) is 10.2. The number of hydrogen-bond acceptors (Lipinski definition) is 5. The predicted molar refractivity (Wildman–Crippen MR) is 110 cm³/mol. The number of hydrogen-bond donors (Lipinski definition) is 1. The van der Waals surface area contributed by atoms with Crippen LogP contribution in [0.15, 0.2) is 24.3 Å². The number of ether oxygens (including phenoxy) is 1. The Labute approximate surface area is 188 Å². The van der Waals surface area contributed by atoms with Gasteiger partial charge in [-0.25, -0.2) is 0 Å². The molecule has 1 aromatic rings. The number of halogens is 3. The van der Waals surface area contributed by atoms with E-state index in [9.17, 15) is 32.3 Å². The third-order valence-electron chi connectivity index (χ3n) is 6.16. The van der Waals surface area contributed by atoms with Crippen LogP contribution >= 0.6 is 0 Å². The van der Waals surface area contributed by atoms with E-state index in [1.165, 1.54) is 9.80 Å². The van der Waals surface area contributed by atoms with E-state index in [1.54, 1.807) is 0 Å². The Kier molecular flexibility index (Phi) is 7.60. The van der Waals surface area contributed by atoms with E-state index in [-0.39, 0.29) is 43.0 Å². The third-order valence-corrected chi connectivity index (χ3v) is 6.16. The number of benzene rings is 1. The fourth-order valence-corrected chi connectivity index (χ4v) is 4.06. The van der Waals surface area contributed by atoms with Gasteiger partial charge in [0, 0.05) is 37.7 Å². The fourth-order valence-electron chi connectivity index (χ4n) is 4.06. The molecule has 2 aliphatic heterocycles. The molecule has 0 radical (unpaired) electrons. The van der Waals surface area contributed by atoms with E-state index in [0.717, 1.165) is 24.3 Å². The molecule has 180 valence electrons. The summed E-state index contributed by atoms with van der Waals surface area (Å²) < 4.78 is 43.2. The first-order valence-electron chi connectivity index (χ1n) is 10.8. The van der Waals surface area contributed by atoms with Gasteiger partial charge >= 0.3 is 12.1 Å². The van der Waals surface area contributed by atoms with Crippen LogP contribution < -0.4 is 5.73 Å². The molecule has 2 saturated heterocycles. The zero-order valence-corrected chi connectivity index (χ0v) is 18.0. The number of piperidine rings is 2. The summed E-state index contributed by atoms with van der Waals surface area (Å²) in [5, 5.41) is 0. The Morgan fingerprint density at radius 1 is 0.879 bits per heavy atom. The SMILES string of the molecule is NC(=O)C1CCN(C(=O)COC(=O)C2CCN(C(=O)c3ccc(C(F)(F)F)cc3)CC2)CC1. The number of nitrogens with two attached hydrogens (primary N) is 1. The van der Waals surface area contributed by atoms with Crippen LogP contribution in [-0.4, -0.2) is 66.3 Å². The molecular weight excluding hydrogens is 443 g/mol. The van der Waals surface area contributed by atoms with Gasteiger partial charge in [-0.2, -0.15) is 13.2 Å². The van der Waals surface area contributed by atoms with Crippen molar-refractivity contribution in [3.8, 4) is 0 Å². The van der Waals surface area contributed by atoms with Crippen molar-refractivity contribution < 1.29 is 37.1 Å². The number of amides is 3. The lowest BCUT2D eigenvalue weighted by molar-refractivity contribution is -0.157. The van der Waals surface area contributed by atoms with Crippen molar-refractivity contribution in [3.05, 3.63) is 35.4 Å². The minimum absolute atomic E-state index is 0.148. The Bertz CT molecular complexity index is 888. The largest absolute Gasteiger partial charge is 0.455 e. The molecule has 33 heavy (non-hydrogen) atoms. The first-order valence-corrected chi connectivity index (χ1v) is 10.8. The van der Waals surface area contributed by atoms with Gasteiger partial charge in [-0.3, -0.25) is 19.2 Å². The lowest BCUT2D eigenvalue weighted by Gasteiger charge is -2.32. The maximum absolute atomic E-state index is 12.7. The van der Waals surface area contributed by atoms with Crippen molar-refractivity contribution in [1.29, 1.82) is 0 Å². The summed E-state index contributed by atoms with van der Waals surface area (Å²) in [6.07, 6.45) is -2.82. The van der Waals surface area contributed by atoms with Crippen LogP contribution in [0.25, 0.3) is 0 Å². The van der Waals surface area contributed by atoms with Gasteiger partial charge in [-0.15, -0.1) is 0 Å². The zero-order chi connectivity index (χ0) is 24.2. The van der Waals surface area contributed by atoms with Crippen molar-refractivity contribution in [1.82, 2.24) is 9.80 Å². The van der Waals surface area contributed by atoms with Crippen LogP contribution in [0.2, 0.25) is 0 Å². The highest BCUT2D eigenvalue weighted by molar-refractivity contribution is 5.94. The van der Waals surface area contributed by atoms with Crippen LogP contribution in [0, 0.1) is 11.8 Å². The van der Waals surface area contributed by atoms with Gasteiger partial charge < -0.3 is 20.3 Å². The summed E-state index contributed by atoms with van der Waals surface area (Å²) in [5.41, 5.74) is 4.60. The first kappa shape index (κ1) is 24.5. The van der Waals surface area contributed by atoms with Crippen molar-refractivity contribution >= 4 is 23.7 Å². The van der Waals surface area contributed by atoms with Crippen molar-refractivity contribution in [3.63, 3.8) is 0 Å². The fraction of sp³-hybridized carbons (Fsp3) is 0.545. The molecule has 2 heterocycles. The molecule has 2 N–H and O–H groups in total. The van der Waals surface area contributed by atoms with Gasteiger partial charge in [-0.05, 0) is 49.9 Å². The molecule has 0 aromatic heterocycles. The molecule has 0 bridgehead atoms. The number of rotatable bonds is 5. The van der Waals surface area contributed by atoms with Crippen LogP contribution in [0.5, 0.6) is 0 Å². The zero-order valence-electron chi connectivity index (χ0n) is 18.0. The lowest BCUT2D eigenvalue weighted by atomic mass is 9.96. The number of esters is 1. The molecule has 11 heteroatoms. The number of primary amides is 1. The van der Waals surface area contributed by atoms with Crippen molar-refractivity contribution in [2.24, 2.45) is 17.6 Å².